The Hall–Kier alpha value is -3.64. The summed E-state index contributed by atoms with van der Waals surface area (Å²) in [7, 11) is 1.58. The Morgan fingerprint density at radius 2 is 1.67 bits per heavy atom. The molecule has 1 aliphatic rings. The maximum Gasteiger partial charge on any atom is 0.227 e. The molecule has 6 nitrogen and oxygen atoms in total. The minimum absolute atomic E-state index is 0.0870. The lowest BCUT2D eigenvalue weighted by Crippen LogP contribution is -2.38. The van der Waals surface area contributed by atoms with Crippen LogP contribution >= 0.6 is 0 Å². The van der Waals surface area contributed by atoms with E-state index in [1.165, 1.54) is 5.56 Å². The van der Waals surface area contributed by atoms with Gasteiger partial charge in [-0.1, -0.05) is 36.4 Å². The fourth-order valence-corrected chi connectivity index (χ4v) is 4.22. The highest BCUT2D eigenvalue weighted by Crippen LogP contribution is 2.29. The number of nitrogen functional groups attached to an aromatic ring is 1. The summed E-state index contributed by atoms with van der Waals surface area (Å²) in [5.74, 6) is 0.279. The van der Waals surface area contributed by atoms with Gasteiger partial charge in [-0.2, -0.15) is 0 Å². The maximum atomic E-state index is 13.1. The predicted molar refractivity (Wildman–Crippen MR) is 130 cm³/mol. The van der Waals surface area contributed by atoms with E-state index in [9.17, 15) is 9.59 Å². The molecule has 0 unspecified atom stereocenters. The number of para-hydroxylation sites is 1. The normalized spacial score (nSPS) is 14.6. The number of benzene rings is 3. The number of ketones is 1. The van der Waals surface area contributed by atoms with Gasteiger partial charge in [0.05, 0.1) is 18.5 Å². The Morgan fingerprint density at radius 3 is 2.33 bits per heavy atom. The van der Waals surface area contributed by atoms with Crippen LogP contribution in [0.2, 0.25) is 0 Å². The van der Waals surface area contributed by atoms with Crippen LogP contribution in [0.5, 0.6) is 5.75 Å². The number of hydrogen-bond acceptors (Lipinski definition) is 5. The highest BCUT2D eigenvalue weighted by atomic mass is 16.5. The molecule has 0 bridgehead atoms. The van der Waals surface area contributed by atoms with Crippen molar-refractivity contribution in [2.45, 2.75) is 19.4 Å². The van der Waals surface area contributed by atoms with Crippen LogP contribution in [-0.2, 0) is 11.3 Å². The van der Waals surface area contributed by atoms with Crippen LogP contribution in [0, 0.1) is 5.92 Å². The lowest BCUT2D eigenvalue weighted by molar-refractivity contribution is -0.121. The Morgan fingerprint density at radius 1 is 0.970 bits per heavy atom. The topological polar surface area (TPSA) is 84.7 Å². The second kappa shape index (κ2) is 10.3. The third-order valence-corrected chi connectivity index (χ3v) is 6.15. The van der Waals surface area contributed by atoms with Gasteiger partial charge in [0, 0.05) is 23.6 Å². The molecule has 3 N–H and O–H groups in total. The largest absolute Gasteiger partial charge is 0.497 e. The summed E-state index contributed by atoms with van der Waals surface area (Å²) < 4.78 is 5.17. The van der Waals surface area contributed by atoms with E-state index >= 15 is 0 Å². The maximum absolute atomic E-state index is 13.1. The number of likely N-dealkylation sites (tertiary alicyclic amines) is 1. The van der Waals surface area contributed by atoms with Crippen molar-refractivity contribution < 1.29 is 14.3 Å². The molecule has 170 valence electrons. The number of nitrogens with one attached hydrogen (secondary N) is 1. The van der Waals surface area contributed by atoms with Gasteiger partial charge in [-0.25, -0.2) is 0 Å². The minimum Gasteiger partial charge on any atom is -0.497 e. The summed E-state index contributed by atoms with van der Waals surface area (Å²) in [6.45, 7) is 2.60. The van der Waals surface area contributed by atoms with Gasteiger partial charge in [-0.3, -0.25) is 14.5 Å². The van der Waals surface area contributed by atoms with Crippen LogP contribution in [0.15, 0.2) is 72.8 Å². The van der Waals surface area contributed by atoms with E-state index < -0.39 is 0 Å². The molecule has 3 aromatic carbocycles. The van der Waals surface area contributed by atoms with Crippen LogP contribution in [0.3, 0.4) is 0 Å². The molecule has 1 heterocycles. The van der Waals surface area contributed by atoms with Gasteiger partial charge in [-0.15, -0.1) is 0 Å². The summed E-state index contributed by atoms with van der Waals surface area (Å²) in [5, 5.41) is 2.96. The number of methoxy groups -OCH3 is 1. The standard InChI is InChI=1S/C27H29N3O3/c1-33-22-12-10-20(11-13-22)26(31)23-8-5-9-24(28)25(23)29-27(32)21-14-16-30(17-15-21)18-19-6-3-2-4-7-19/h2-13,21H,14-18,28H2,1H3,(H,29,32). The lowest BCUT2D eigenvalue weighted by Gasteiger charge is -2.31. The molecule has 3 aromatic rings. The molecule has 6 heteroatoms. The van der Waals surface area contributed by atoms with Gasteiger partial charge in [0.1, 0.15) is 5.75 Å². The van der Waals surface area contributed by atoms with Crippen LogP contribution in [0.1, 0.15) is 34.3 Å². The van der Waals surface area contributed by atoms with Gasteiger partial charge < -0.3 is 15.8 Å². The zero-order chi connectivity index (χ0) is 23.2. The summed E-state index contributed by atoms with van der Waals surface area (Å²) in [6, 6.07) is 22.4. The third-order valence-electron chi connectivity index (χ3n) is 6.15. The number of piperidine rings is 1. The predicted octanol–water partition coefficient (Wildman–Crippen LogP) is 4.36. The van der Waals surface area contributed by atoms with Crippen LogP contribution in [-0.4, -0.2) is 36.8 Å². The van der Waals surface area contributed by atoms with E-state index in [1.54, 1.807) is 49.6 Å². The van der Waals surface area contributed by atoms with Crippen molar-refractivity contribution in [3.05, 3.63) is 89.5 Å². The highest BCUT2D eigenvalue weighted by molar-refractivity contribution is 6.15. The van der Waals surface area contributed by atoms with Crippen molar-refractivity contribution in [1.29, 1.82) is 0 Å². The number of carbonyl (C=O) groups excluding carboxylic acids is 2. The molecule has 0 aliphatic carbocycles. The van der Waals surface area contributed by atoms with Crippen molar-refractivity contribution in [1.82, 2.24) is 4.90 Å². The molecule has 33 heavy (non-hydrogen) atoms. The second-order valence-electron chi connectivity index (χ2n) is 8.35. The quantitative estimate of drug-likeness (QED) is 0.419. The fraction of sp³-hybridized carbons (Fsp3) is 0.259. The first kappa shape index (κ1) is 22.6. The molecule has 0 radical (unpaired) electrons. The number of hydrogen-bond donors (Lipinski definition) is 2. The summed E-state index contributed by atoms with van der Waals surface area (Å²) in [4.78, 5) is 28.6. The number of ether oxygens (including phenoxy) is 1. The molecule has 0 atom stereocenters. The number of nitrogens with zero attached hydrogens (tertiary/aromatic N) is 1. The van der Waals surface area contributed by atoms with Crippen LogP contribution in [0.4, 0.5) is 11.4 Å². The molecule has 1 saturated heterocycles. The first-order valence-corrected chi connectivity index (χ1v) is 11.2. The van der Waals surface area contributed by atoms with E-state index in [1.807, 2.05) is 18.2 Å². The number of carbonyl (C=O) groups is 2. The van der Waals surface area contributed by atoms with E-state index in [0.29, 0.717) is 28.3 Å². The molecular weight excluding hydrogens is 414 g/mol. The molecule has 0 aromatic heterocycles. The molecule has 1 fully saturated rings. The van der Waals surface area contributed by atoms with Gasteiger partial charge in [0.25, 0.3) is 0 Å². The van der Waals surface area contributed by atoms with E-state index in [-0.39, 0.29) is 17.6 Å². The molecule has 1 amide bonds. The molecule has 0 saturated carbocycles. The average Bonchev–Trinajstić information content (AvgIpc) is 2.86. The van der Waals surface area contributed by atoms with Crippen molar-refractivity contribution in [2.75, 3.05) is 31.2 Å². The third kappa shape index (κ3) is 5.41. The van der Waals surface area contributed by atoms with E-state index in [0.717, 1.165) is 32.5 Å². The van der Waals surface area contributed by atoms with Crippen molar-refractivity contribution in [3.63, 3.8) is 0 Å². The minimum atomic E-state index is -0.196. The van der Waals surface area contributed by atoms with Crippen LogP contribution in [0.25, 0.3) is 0 Å². The second-order valence-corrected chi connectivity index (χ2v) is 8.35. The van der Waals surface area contributed by atoms with Crippen molar-refractivity contribution in [2.24, 2.45) is 5.92 Å². The average molecular weight is 444 g/mol. The molecule has 0 spiro atoms. The Labute approximate surface area is 194 Å². The van der Waals surface area contributed by atoms with Gasteiger partial charge in [0.15, 0.2) is 5.78 Å². The Balaban J connectivity index is 1.42. The molecular formula is C27H29N3O3. The number of anilines is 2. The zero-order valence-electron chi connectivity index (χ0n) is 18.8. The van der Waals surface area contributed by atoms with Gasteiger partial charge in [0.2, 0.25) is 5.91 Å². The number of rotatable bonds is 7. The first-order valence-electron chi connectivity index (χ1n) is 11.2. The summed E-state index contributed by atoms with van der Waals surface area (Å²) in [6.07, 6.45) is 1.54. The Bertz CT molecular complexity index is 1110. The van der Waals surface area contributed by atoms with Crippen molar-refractivity contribution >= 4 is 23.1 Å². The molecule has 4 rings (SSSR count). The van der Waals surface area contributed by atoms with Crippen LogP contribution < -0.4 is 15.8 Å². The monoisotopic (exact) mass is 443 g/mol. The van der Waals surface area contributed by atoms with Gasteiger partial charge >= 0.3 is 0 Å². The number of nitrogens with two attached hydrogens (primary N) is 1. The summed E-state index contributed by atoms with van der Waals surface area (Å²) in [5.41, 5.74) is 9.10. The van der Waals surface area contributed by atoms with Crippen molar-refractivity contribution in [3.8, 4) is 5.75 Å². The highest BCUT2D eigenvalue weighted by Gasteiger charge is 2.27. The number of amides is 1. The summed E-state index contributed by atoms with van der Waals surface area (Å²) >= 11 is 0. The van der Waals surface area contributed by atoms with E-state index in [4.69, 9.17) is 10.5 Å². The SMILES string of the molecule is COc1ccc(C(=O)c2cccc(N)c2NC(=O)C2CCN(Cc3ccccc3)CC2)cc1. The smallest absolute Gasteiger partial charge is 0.227 e. The fourth-order valence-electron chi connectivity index (χ4n) is 4.22. The van der Waals surface area contributed by atoms with E-state index in [2.05, 4.69) is 22.3 Å². The van der Waals surface area contributed by atoms with Gasteiger partial charge in [-0.05, 0) is 67.9 Å². The molecule has 1 aliphatic heterocycles. The Kier molecular flexibility index (Phi) is 7.05. The zero-order valence-corrected chi connectivity index (χ0v) is 18.8. The lowest BCUT2D eigenvalue weighted by atomic mass is 9.94. The first-order chi connectivity index (χ1) is 16.0.